The Hall–Kier alpha value is -5.24. The number of aromatic nitrogens is 5. The molecular formula is C27H21F2N9O2S. The highest BCUT2D eigenvalue weighted by Gasteiger charge is 2.34. The molecule has 0 saturated carbocycles. The van der Waals surface area contributed by atoms with E-state index in [0.29, 0.717) is 33.3 Å². The van der Waals surface area contributed by atoms with E-state index in [2.05, 4.69) is 35.9 Å². The lowest BCUT2D eigenvalue weighted by molar-refractivity contribution is 0.102. The van der Waals surface area contributed by atoms with Crippen LogP contribution in [0.4, 0.5) is 36.2 Å². The number of aromatic amines is 1. The number of anilines is 4. The number of rotatable bonds is 7. The Balaban J connectivity index is 1.50. The van der Waals surface area contributed by atoms with E-state index < -0.39 is 23.4 Å². The summed E-state index contributed by atoms with van der Waals surface area (Å²) < 4.78 is 29.9. The zero-order valence-electron chi connectivity index (χ0n) is 21.4. The van der Waals surface area contributed by atoms with Gasteiger partial charge in [-0.25, -0.2) is 33.4 Å². The third-order valence-corrected chi connectivity index (χ3v) is 7.04. The molecule has 0 fully saturated rings. The van der Waals surface area contributed by atoms with Crippen LogP contribution >= 0.6 is 11.3 Å². The number of hydrogen-bond donors (Lipinski definition) is 4. The molecule has 1 aliphatic rings. The summed E-state index contributed by atoms with van der Waals surface area (Å²) in [7, 11) is 0. The Bertz CT molecular complexity index is 1740. The van der Waals surface area contributed by atoms with Gasteiger partial charge in [0.2, 0.25) is 5.95 Å². The highest BCUT2D eigenvalue weighted by Crippen LogP contribution is 2.39. The van der Waals surface area contributed by atoms with Crippen LogP contribution < -0.4 is 20.9 Å². The number of urea groups is 1. The number of nitrogens with one attached hydrogen (secondary N) is 4. The molecule has 0 radical (unpaired) electrons. The molecule has 1 aliphatic heterocycles. The minimum atomic E-state index is -0.935. The summed E-state index contributed by atoms with van der Waals surface area (Å²) in [5.74, 6) is -1.56. The number of benzene rings is 2. The first-order valence-corrected chi connectivity index (χ1v) is 13.2. The van der Waals surface area contributed by atoms with E-state index in [0.717, 1.165) is 22.6 Å². The molecule has 4 heterocycles. The number of hydrogen-bond acceptors (Lipinski definition) is 8. The fourth-order valence-corrected chi connectivity index (χ4v) is 4.93. The van der Waals surface area contributed by atoms with Crippen LogP contribution in [-0.2, 0) is 13.1 Å². The molecular weight excluding hydrogens is 552 g/mol. The average molecular weight is 574 g/mol. The summed E-state index contributed by atoms with van der Waals surface area (Å²) in [5, 5.41) is 10.7. The molecule has 3 aromatic heterocycles. The van der Waals surface area contributed by atoms with Gasteiger partial charge in [0, 0.05) is 40.7 Å². The minimum absolute atomic E-state index is 0.00161. The molecule has 0 unspecified atom stereocenters. The smallest absolute Gasteiger partial charge is 0.328 e. The van der Waals surface area contributed by atoms with Gasteiger partial charge in [-0.15, -0.1) is 11.3 Å². The second kappa shape index (κ2) is 10.7. The number of halogens is 2. The van der Waals surface area contributed by atoms with Crippen molar-refractivity contribution in [3.8, 4) is 11.3 Å². The number of H-pyrrole nitrogens is 1. The van der Waals surface area contributed by atoms with Crippen molar-refractivity contribution >= 4 is 45.9 Å². The van der Waals surface area contributed by atoms with Gasteiger partial charge in [-0.2, -0.15) is 4.98 Å². The molecule has 4 N–H and O–H groups in total. The monoisotopic (exact) mass is 573 g/mol. The topological polar surface area (TPSA) is 141 Å². The Morgan fingerprint density at radius 3 is 2.68 bits per heavy atom. The maximum atomic E-state index is 14.9. The second-order valence-corrected chi connectivity index (χ2v) is 9.87. The van der Waals surface area contributed by atoms with Gasteiger partial charge in [-0.3, -0.25) is 10.1 Å². The van der Waals surface area contributed by atoms with Gasteiger partial charge in [0.25, 0.3) is 5.91 Å². The lowest BCUT2D eigenvalue weighted by Gasteiger charge is -2.31. The van der Waals surface area contributed by atoms with E-state index in [-0.39, 0.29) is 30.8 Å². The zero-order chi connectivity index (χ0) is 28.5. The molecule has 11 nitrogen and oxygen atoms in total. The zero-order valence-corrected chi connectivity index (χ0v) is 22.2. The van der Waals surface area contributed by atoms with Gasteiger partial charge in [0.15, 0.2) is 10.9 Å². The molecule has 0 aliphatic carbocycles. The predicted molar refractivity (Wildman–Crippen MR) is 149 cm³/mol. The quantitative estimate of drug-likeness (QED) is 0.211. The fourth-order valence-electron chi connectivity index (χ4n) is 4.40. The summed E-state index contributed by atoms with van der Waals surface area (Å²) in [6, 6.07) is 7.70. The lowest BCUT2D eigenvalue weighted by Crippen LogP contribution is -2.43. The Morgan fingerprint density at radius 1 is 1.12 bits per heavy atom. The number of carbonyl (C=O) groups is 2. The second-order valence-electron chi connectivity index (χ2n) is 8.97. The molecule has 14 heteroatoms. The number of amides is 3. The molecule has 206 valence electrons. The molecule has 0 saturated heterocycles. The Kier molecular flexibility index (Phi) is 6.81. The largest absolute Gasteiger partial charge is 0.347 e. The number of para-hydroxylation sites is 1. The minimum Gasteiger partial charge on any atom is -0.347 e. The first kappa shape index (κ1) is 26.0. The van der Waals surface area contributed by atoms with Crippen LogP contribution in [0.1, 0.15) is 27.3 Å². The number of fused-ring (bicyclic) bond motifs is 1. The van der Waals surface area contributed by atoms with Gasteiger partial charge in [-0.05, 0) is 36.8 Å². The van der Waals surface area contributed by atoms with E-state index in [1.165, 1.54) is 17.4 Å². The molecule has 5 aromatic rings. The highest BCUT2D eigenvalue weighted by molar-refractivity contribution is 7.13. The van der Waals surface area contributed by atoms with Crippen LogP contribution in [0.15, 0.2) is 60.4 Å². The van der Waals surface area contributed by atoms with Crippen molar-refractivity contribution in [2.45, 2.75) is 20.0 Å². The number of carbonyl (C=O) groups excluding carboxylic acids is 2. The molecule has 6 rings (SSSR count). The first-order chi connectivity index (χ1) is 19.9. The number of nitrogens with zero attached hydrogens (tertiary/aromatic N) is 5. The Morgan fingerprint density at radius 2 is 1.95 bits per heavy atom. The number of aryl methyl sites for hydroxylation is 1. The molecule has 0 bridgehead atoms. The standard InChI is InChI=1S/C27H21F2N9O2S/c1-14-5-6-15(24(39)37-26-32-9-10-41-26)11-16(14)21-17-12-34-27(40)38(22-18(28)3-2-4-19(22)29)23(17)36-25(35-21)33-13-20-30-7-8-31-20/h2-11H,12-13H2,1H3,(H,30,31)(H,34,40)(H,32,37,39)(H,33,35,36). The van der Waals surface area contributed by atoms with E-state index in [1.807, 2.05) is 6.92 Å². The summed E-state index contributed by atoms with van der Waals surface area (Å²) in [4.78, 5) is 47.4. The summed E-state index contributed by atoms with van der Waals surface area (Å²) >= 11 is 1.29. The maximum Gasteiger partial charge on any atom is 0.328 e. The normalized spacial score (nSPS) is 12.6. The molecule has 0 atom stereocenters. The van der Waals surface area contributed by atoms with Crippen LogP contribution in [-0.4, -0.2) is 36.9 Å². The Labute approximate surface area is 235 Å². The van der Waals surface area contributed by atoms with Crippen molar-refractivity contribution in [1.82, 2.24) is 30.2 Å². The van der Waals surface area contributed by atoms with Gasteiger partial charge in [0.05, 0.1) is 18.8 Å². The SMILES string of the molecule is Cc1ccc(C(=O)Nc2nccs2)cc1-c1nc(NCc2ncc[nH]2)nc2c1CNC(=O)N2c1c(F)cccc1F. The maximum absolute atomic E-state index is 14.9. The summed E-state index contributed by atoms with van der Waals surface area (Å²) in [6.07, 6.45) is 4.84. The first-order valence-electron chi connectivity index (χ1n) is 12.4. The van der Waals surface area contributed by atoms with E-state index in [1.54, 1.807) is 42.2 Å². The molecule has 2 aromatic carbocycles. The average Bonchev–Trinajstić information content (AvgIpc) is 3.67. The number of imidazole rings is 1. The predicted octanol–water partition coefficient (Wildman–Crippen LogP) is 5.14. The van der Waals surface area contributed by atoms with Gasteiger partial charge in [0.1, 0.15) is 23.1 Å². The van der Waals surface area contributed by atoms with Gasteiger partial charge >= 0.3 is 6.03 Å². The van der Waals surface area contributed by atoms with Gasteiger partial charge < -0.3 is 15.6 Å². The van der Waals surface area contributed by atoms with Crippen molar-refractivity contribution in [3.05, 3.63) is 94.5 Å². The van der Waals surface area contributed by atoms with E-state index in [4.69, 9.17) is 4.98 Å². The third-order valence-electron chi connectivity index (χ3n) is 6.35. The summed E-state index contributed by atoms with van der Waals surface area (Å²) in [5.41, 5.74) is 1.91. The molecule has 41 heavy (non-hydrogen) atoms. The highest BCUT2D eigenvalue weighted by atomic mass is 32.1. The van der Waals surface area contributed by atoms with Crippen molar-refractivity contribution in [1.29, 1.82) is 0 Å². The van der Waals surface area contributed by atoms with Gasteiger partial charge in [-0.1, -0.05) is 12.1 Å². The number of thiazole rings is 1. The van der Waals surface area contributed by atoms with Crippen molar-refractivity contribution < 1.29 is 18.4 Å². The van der Waals surface area contributed by atoms with Crippen LogP contribution in [0.5, 0.6) is 0 Å². The van der Waals surface area contributed by atoms with Crippen molar-refractivity contribution in [3.63, 3.8) is 0 Å². The van der Waals surface area contributed by atoms with E-state index >= 15 is 0 Å². The molecule has 0 spiro atoms. The lowest BCUT2D eigenvalue weighted by atomic mass is 9.97. The van der Waals surface area contributed by atoms with Crippen LogP contribution in [0, 0.1) is 18.6 Å². The van der Waals surface area contributed by atoms with Crippen molar-refractivity contribution in [2.24, 2.45) is 0 Å². The van der Waals surface area contributed by atoms with Crippen LogP contribution in [0.2, 0.25) is 0 Å². The third kappa shape index (κ3) is 5.07. The van der Waals surface area contributed by atoms with Crippen LogP contribution in [0.25, 0.3) is 11.3 Å². The summed E-state index contributed by atoms with van der Waals surface area (Å²) in [6.45, 7) is 2.04. The fraction of sp³-hybridized carbons (Fsp3) is 0.111. The van der Waals surface area contributed by atoms with Crippen molar-refractivity contribution in [2.75, 3.05) is 15.5 Å². The molecule has 3 amide bonds. The van der Waals surface area contributed by atoms with E-state index in [9.17, 15) is 18.4 Å². The van der Waals surface area contributed by atoms with Crippen LogP contribution in [0.3, 0.4) is 0 Å².